The van der Waals surface area contributed by atoms with Gasteiger partial charge in [-0.2, -0.15) is 0 Å². The van der Waals surface area contributed by atoms with Crippen molar-refractivity contribution in [3.05, 3.63) is 69.8 Å². The Morgan fingerprint density at radius 1 is 1.27 bits per heavy atom. The van der Waals surface area contributed by atoms with Crippen molar-refractivity contribution in [1.82, 2.24) is 4.98 Å². The van der Waals surface area contributed by atoms with E-state index in [9.17, 15) is 24.5 Å². The second-order valence-electron chi connectivity index (χ2n) is 5.85. The molecule has 11 nitrogen and oxygen atoms in total. The van der Waals surface area contributed by atoms with Crippen LogP contribution in [0.2, 0.25) is 0 Å². The van der Waals surface area contributed by atoms with Gasteiger partial charge < -0.3 is 14.5 Å². The zero-order valence-electron chi connectivity index (χ0n) is 15.4. The van der Waals surface area contributed by atoms with E-state index >= 15 is 0 Å². The lowest BCUT2D eigenvalue weighted by Crippen LogP contribution is -2.21. The molecule has 30 heavy (non-hydrogen) atoms. The summed E-state index contributed by atoms with van der Waals surface area (Å²) in [4.78, 5) is 49.9. The average molecular weight is 430 g/mol. The fraction of sp³-hybridized carbons (Fsp3) is 0.111. The Bertz CT molecular complexity index is 1110. The van der Waals surface area contributed by atoms with E-state index in [0.29, 0.717) is 22.6 Å². The van der Waals surface area contributed by atoms with Crippen LogP contribution in [0.1, 0.15) is 26.5 Å². The van der Waals surface area contributed by atoms with Crippen LogP contribution in [0, 0.1) is 17.0 Å². The number of hydrogen-bond acceptors (Lipinski definition) is 9. The third kappa shape index (κ3) is 5.05. The van der Waals surface area contributed by atoms with Gasteiger partial charge in [0.05, 0.1) is 16.7 Å². The Labute approximate surface area is 172 Å². The number of rotatable bonds is 7. The van der Waals surface area contributed by atoms with Gasteiger partial charge >= 0.3 is 11.0 Å². The summed E-state index contributed by atoms with van der Waals surface area (Å²) in [5.74, 6) is -1.86. The average Bonchev–Trinajstić information content (AvgIpc) is 3.40. The van der Waals surface area contributed by atoms with Crippen LogP contribution in [0.3, 0.4) is 0 Å². The number of anilines is 2. The van der Waals surface area contributed by atoms with Crippen LogP contribution < -0.4 is 10.6 Å². The third-order valence-electron chi connectivity index (χ3n) is 3.72. The van der Waals surface area contributed by atoms with Crippen molar-refractivity contribution >= 4 is 44.9 Å². The number of nitrogens with one attached hydrogen (secondary N) is 2. The number of thiazole rings is 1. The molecule has 2 amide bonds. The molecule has 0 aliphatic rings. The maximum Gasteiger partial charge on any atom is 0.345 e. The normalized spacial score (nSPS) is 10.3. The predicted octanol–water partition coefficient (Wildman–Crippen LogP) is 3.00. The highest BCUT2D eigenvalue weighted by Gasteiger charge is 2.17. The number of nitro groups is 1. The fourth-order valence-corrected chi connectivity index (χ4v) is 2.90. The Hall–Kier alpha value is -4.06. The summed E-state index contributed by atoms with van der Waals surface area (Å²) in [5.41, 5.74) is 1.20. The number of ether oxygens (including phenoxy) is 1. The molecule has 3 aromatic rings. The predicted molar refractivity (Wildman–Crippen MR) is 106 cm³/mol. The quantitative estimate of drug-likeness (QED) is 0.329. The second-order valence-corrected chi connectivity index (χ2v) is 6.86. The number of aromatic nitrogens is 1. The van der Waals surface area contributed by atoms with Gasteiger partial charge in [-0.15, -0.1) is 0 Å². The van der Waals surface area contributed by atoms with Crippen molar-refractivity contribution in [3.8, 4) is 0 Å². The van der Waals surface area contributed by atoms with Crippen molar-refractivity contribution in [1.29, 1.82) is 0 Å². The molecule has 0 saturated heterocycles. The largest absolute Gasteiger partial charge is 0.459 e. The number of hydrogen-bond donors (Lipinski definition) is 2. The molecule has 0 fully saturated rings. The van der Waals surface area contributed by atoms with E-state index in [1.165, 1.54) is 24.5 Å². The van der Waals surface area contributed by atoms with Gasteiger partial charge in [0.15, 0.2) is 17.5 Å². The molecule has 0 spiro atoms. The van der Waals surface area contributed by atoms with Gasteiger partial charge in [-0.1, -0.05) is 6.07 Å². The summed E-state index contributed by atoms with van der Waals surface area (Å²) < 4.78 is 9.97. The van der Waals surface area contributed by atoms with Crippen molar-refractivity contribution in [3.63, 3.8) is 0 Å². The topological polar surface area (TPSA) is 154 Å². The molecular formula is C18H14N4O7S. The van der Waals surface area contributed by atoms with E-state index in [-0.39, 0.29) is 21.5 Å². The summed E-state index contributed by atoms with van der Waals surface area (Å²) in [6.07, 6.45) is 2.38. The second kappa shape index (κ2) is 8.96. The van der Waals surface area contributed by atoms with Crippen LogP contribution in [0.15, 0.2) is 47.2 Å². The number of amides is 2. The minimum atomic E-state index is -0.788. The lowest BCUT2D eigenvalue weighted by atomic mass is 10.1. The summed E-state index contributed by atoms with van der Waals surface area (Å²) in [7, 11) is 0. The van der Waals surface area contributed by atoms with E-state index in [0.717, 1.165) is 6.20 Å². The van der Waals surface area contributed by atoms with Crippen LogP contribution in [0.25, 0.3) is 0 Å². The molecule has 0 atom stereocenters. The molecule has 1 aromatic carbocycles. The number of carbonyl (C=O) groups is 3. The fourth-order valence-electron chi connectivity index (χ4n) is 2.25. The lowest BCUT2D eigenvalue weighted by Gasteiger charge is -2.10. The lowest BCUT2D eigenvalue weighted by molar-refractivity contribution is -0.380. The smallest absolute Gasteiger partial charge is 0.345 e. The molecule has 2 aromatic heterocycles. The van der Waals surface area contributed by atoms with Gasteiger partial charge in [0, 0.05) is 5.69 Å². The van der Waals surface area contributed by atoms with Crippen LogP contribution in [-0.2, 0) is 9.53 Å². The first-order chi connectivity index (χ1) is 14.3. The number of carbonyl (C=O) groups excluding carboxylic acids is 3. The van der Waals surface area contributed by atoms with Gasteiger partial charge in [-0.05, 0) is 48.1 Å². The number of aryl methyl sites for hydroxylation is 1. The summed E-state index contributed by atoms with van der Waals surface area (Å²) in [6.45, 7) is 1.13. The highest BCUT2D eigenvalue weighted by molar-refractivity contribution is 7.18. The zero-order valence-corrected chi connectivity index (χ0v) is 16.2. The molecule has 154 valence electrons. The molecule has 2 N–H and O–H groups in total. The summed E-state index contributed by atoms with van der Waals surface area (Å²) >= 11 is 0.677. The Kier molecular flexibility index (Phi) is 6.17. The van der Waals surface area contributed by atoms with E-state index in [1.807, 2.05) is 0 Å². The van der Waals surface area contributed by atoms with Gasteiger partial charge in [-0.25, -0.2) is 9.78 Å². The Morgan fingerprint density at radius 3 is 2.73 bits per heavy atom. The van der Waals surface area contributed by atoms with Crippen LogP contribution in [0.5, 0.6) is 0 Å². The molecule has 0 aliphatic heterocycles. The number of esters is 1. The van der Waals surface area contributed by atoms with E-state index in [1.54, 1.807) is 19.1 Å². The van der Waals surface area contributed by atoms with E-state index in [2.05, 4.69) is 15.6 Å². The molecule has 0 aliphatic carbocycles. The molecule has 0 bridgehead atoms. The Balaban J connectivity index is 1.58. The number of benzene rings is 1. The molecule has 12 heteroatoms. The standard InChI is InChI=1S/C18H14N4O7S/c1-10-4-5-11(7-12(10)20-16(24)13-3-2-6-28-13)17(25)29-9-14(23)21-18-19-8-15(30-18)22(26)27/h2-8H,9H2,1H3,(H,20,24)(H,19,21,23). The first kappa shape index (κ1) is 20.7. The van der Waals surface area contributed by atoms with Crippen LogP contribution in [0.4, 0.5) is 15.8 Å². The maximum atomic E-state index is 12.2. The van der Waals surface area contributed by atoms with Gasteiger partial charge in [0.1, 0.15) is 6.20 Å². The number of nitrogens with zero attached hydrogens (tertiary/aromatic N) is 2. The monoisotopic (exact) mass is 430 g/mol. The minimum Gasteiger partial charge on any atom is -0.459 e. The maximum absolute atomic E-state index is 12.2. The summed E-state index contributed by atoms with van der Waals surface area (Å²) in [5, 5.41) is 15.3. The Morgan fingerprint density at radius 2 is 2.07 bits per heavy atom. The zero-order chi connectivity index (χ0) is 21.7. The van der Waals surface area contributed by atoms with Gasteiger partial charge in [0.25, 0.3) is 11.8 Å². The number of furan rings is 1. The van der Waals surface area contributed by atoms with Crippen molar-refractivity contribution in [2.24, 2.45) is 0 Å². The molecule has 0 unspecified atom stereocenters. The molecule has 0 saturated carbocycles. The van der Waals surface area contributed by atoms with Crippen molar-refractivity contribution in [2.75, 3.05) is 17.2 Å². The molecule has 2 heterocycles. The minimum absolute atomic E-state index is 0.0148. The van der Waals surface area contributed by atoms with Crippen molar-refractivity contribution < 1.29 is 28.5 Å². The van der Waals surface area contributed by atoms with E-state index < -0.39 is 29.3 Å². The summed E-state index contributed by atoms with van der Waals surface area (Å²) in [6, 6.07) is 7.59. The highest BCUT2D eigenvalue weighted by Crippen LogP contribution is 2.24. The molecule has 0 radical (unpaired) electrons. The van der Waals surface area contributed by atoms with Crippen LogP contribution in [-0.4, -0.2) is 34.3 Å². The first-order valence-electron chi connectivity index (χ1n) is 8.36. The molecular weight excluding hydrogens is 416 g/mol. The third-order valence-corrected chi connectivity index (χ3v) is 4.59. The van der Waals surface area contributed by atoms with E-state index in [4.69, 9.17) is 9.15 Å². The van der Waals surface area contributed by atoms with Crippen LogP contribution >= 0.6 is 11.3 Å². The first-order valence-corrected chi connectivity index (χ1v) is 9.18. The van der Waals surface area contributed by atoms with Gasteiger partial charge in [0.2, 0.25) is 0 Å². The molecule has 3 rings (SSSR count). The highest BCUT2D eigenvalue weighted by atomic mass is 32.1. The van der Waals surface area contributed by atoms with Crippen molar-refractivity contribution in [2.45, 2.75) is 6.92 Å². The van der Waals surface area contributed by atoms with Gasteiger partial charge in [-0.3, -0.25) is 25.0 Å². The SMILES string of the molecule is Cc1ccc(C(=O)OCC(=O)Nc2ncc([N+](=O)[O-])s2)cc1NC(=O)c1ccco1.